The van der Waals surface area contributed by atoms with Gasteiger partial charge in [-0.15, -0.1) is 0 Å². The van der Waals surface area contributed by atoms with E-state index >= 15 is 0 Å². The summed E-state index contributed by atoms with van der Waals surface area (Å²) in [6.07, 6.45) is 8.01. The SMILES string of the molecule is Cc1cccc(C)c1N=CC1=CC=CC1C(O)(c1ccccc1)c1ccccc1. The lowest BCUT2D eigenvalue weighted by molar-refractivity contribution is 0.0529. The number of hydrogen-bond acceptors (Lipinski definition) is 2. The Bertz CT molecular complexity index is 1020. The van der Waals surface area contributed by atoms with Crippen LogP contribution in [0.5, 0.6) is 0 Å². The molecule has 0 saturated heterocycles. The molecule has 2 heteroatoms. The second-order valence-electron chi connectivity index (χ2n) is 7.53. The van der Waals surface area contributed by atoms with E-state index in [1.165, 1.54) is 0 Å². The third-order valence-electron chi connectivity index (χ3n) is 5.61. The van der Waals surface area contributed by atoms with Crippen LogP contribution in [0.1, 0.15) is 22.3 Å². The van der Waals surface area contributed by atoms with Crippen LogP contribution in [0.3, 0.4) is 0 Å². The number of rotatable bonds is 5. The zero-order valence-electron chi connectivity index (χ0n) is 16.8. The van der Waals surface area contributed by atoms with Crippen molar-refractivity contribution in [1.82, 2.24) is 0 Å². The number of aryl methyl sites for hydroxylation is 2. The van der Waals surface area contributed by atoms with Crippen LogP contribution in [0.15, 0.2) is 108 Å². The highest BCUT2D eigenvalue weighted by Gasteiger charge is 2.41. The third-order valence-corrected chi connectivity index (χ3v) is 5.61. The largest absolute Gasteiger partial charge is 0.379 e. The van der Waals surface area contributed by atoms with Crippen molar-refractivity contribution < 1.29 is 5.11 Å². The number of aliphatic imine (C=N–C) groups is 1. The first-order chi connectivity index (χ1) is 14.1. The van der Waals surface area contributed by atoms with E-state index in [-0.39, 0.29) is 5.92 Å². The Morgan fingerprint density at radius 1 is 0.793 bits per heavy atom. The Morgan fingerprint density at radius 3 is 1.90 bits per heavy atom. The van der Waals surface area contributed by atoms with Gasteiger partial charge in [0.15, 0.2) is 0 Å². The maximum absolute atomic E-state index is 12.1. The van der Waals surface area contributed by atoms with Gasteiger partial charge in [-0.3, -0.25) is 4.99 Å². The lowest BCUT2D eigenvalue weighted by Crippen LogP contribution is -2.36. The minimum Gasteiger partial charge on any atom is -0.379 e. The molecule has 1 N–H and O–H groups in total. The van der Waals surface area contributed by atoms with Crippen molar-refractivity contribution in [3.8, 4) is 0 Å². The van der Waals surface area contributed by atoms with Crippen LogP contribution in [0.25, 0.3) is 0 Å². The predicted molar refractivity (Wildman–Crippen MR) is 121 cm³/mol. The Kier molecular flexibility index (Phi) is 5.28. The molecule has 144 valence electrons. The van der Waals surface area contributed by atoms with Crippen molar-refractivity contribution in [2.75, 3.05) is 0 Å². The summed E-state index contributed by atoms with van der Waals surface area (Å²) in [7, 11) is 0. The van der Waals surface area contributed by atoms with Crippen LogP contribution >= 0.6 is 0 Å². The van der Waals surface area contributed by atoms with Gasteiger partial charge in [0.1, 0.15) is 5.60 Å². The first-order valence-corrected chi connectivity index (χ1v) is 9.93. The van der Waals surface area contributed by atoms with E-state index in [0.717, 1.165) is 33.5 Å². The number of benzene rings is 3. The zero-order chi connectivity index (χ0) is 20.3. The molecule has 0 spiro atoms. The van der Waals surface area contributed by atoms with E-state index in [2.05, 4.69) is 32.1 Å². The number of para-hydroxylation sites is 1. The first kappa shape index (κ1) is 19.1. The maximum Gasteiger partial charge on any atom is 0.125 e. The molecule has 2 nitrogen and oxygen atoms in total. The second-order valence-corrected chi connectivity index (χ2v) is 7.53. The van der Waals surface area contributed by atoms with Gasteiger partial charge in [-0.25, -0.2) is 0 Å². The second kappa shape index (κ2) is 8.02. The molecule has 1 aliphatic rings. The average Bonchev–Trinajstić information content (AvgIpc) is 3.23. The molecule has 1 unspecified atom stereocenters. The molecule has 3 aromatic rings. The van der Waals surface area contributed by atoms with Crippen molar-refractivity contribution in [1.29, 1.82) is 0 Å². The molecule has 1 atom stereocenters. The highest BCUT2D eigenvalue weighted by molar-refractivity contribution is 5.85. The van der Waals surface area contributed by atoms with Crippen LogP contribution in [0.2, 0.25) is 0 Å². The van der Waals surface area contributed by atoms with Crippen LogP contribution in [-0.4, -0.2) is 11.3 Å². The molecule has 0 aromatic heterocycles. The van der Waals surface area contributed by atoms with Gasteiger partial charge in [0, 0.05) is 12.1 Å². The summed E-state index contributed by atoms with van der Waals surface area (Å²) in [5.41, 5.74) is 4.83. The lowest BCUT2D eigenvalue weighted by atomic mass is 9.74. The van der Waals surface area contributed by atoms with Gasteiger partial charge in [0.25, 0.3) is 0 Å². The van der Waals surface area contributed by atoms with Crippen molar-refractivity contribution >= 4 is 11.9 Å². The maximum atomic E-state index is 12.1. The highest BCUT2D eigenvalue weighted by atomic mass is 16.3. The van der Waals surface area contributed by atoms with E-state index in [9.17, 15) is 5.11 Å². The summed E-state index contributed by atoms with van der Waals surface area (Å²) in [4.78, 5) is 4.79. The van der Waals surface area contributed by atoms with Crippen molar-refractivity contribution in [2.24, 2.45) is 10.9 Å². The highest BCUT2D eigenvalue weighted by Crippen LogP contribution is 2.42. The molecule has 29 heavy (non-hydrogen) atoms. The minimum atomic E-state index is -1.17. The Morgan fingerprint density at radius 2 is 1.34 bits per heavy atom. The number of hydrogen-bond donors (Lipinski definition) is 1. The van der Waals surface area contributed by atoms with Gasteiger partial charge >= 0.3 is 0 Å². The quantitative estimate of drug-likeness (QED) is 0.537. The molecule has 0 aliphatic heterocycles. The molecule has 4 rings (SSSR count). The fraction of sp³-hybridized carbons (Fsp3) is 0.148. The summed E-state index contributed by atoms with van der Waals surface area (Å²) in [6.45, 7) is 4.14. The van der Waals surface area contributed by atoms with E-state index in [1.807, 2.05) is 85.1 Å². The molecular weight excluding hydrogens is 354 g/mol. The van der Waals surface area contributed by atoms with Gasteiger partial charge < -0.3 is 5.11 Å². The monoisotopic (exact) mass is 379 g/mol. The van der Waals surface area contributed by atoms with Crippen LogP contribution in [0, 0.1) is 19.8 Å². The summed E-state index contributed by atoms with van der Waals surface area (Å²) in [5.74, 6) is -0.222. The van der Waals surface area contributed by atoms with E-state index in [4.69, 9.17) is 4.99 Å². The average molecular weight is 380 g/mol. The molecule has 0 saturated carbocycles. The van der Waals surface area contributed by atoms with E-state index < -0.39 is 5.60 Å². The van der Waals surface area contributed by atoms with Crippen LogP contribution in [-0.2, 0) is 5.60 Å². The fourth-order valence-corrected chi connectivity index (χ4v) is 4.06. The smallest absolute Gasteiger partial charge is 0.125 e. The minimum absolute atomic E-state index is 0.222. The Hall–Kier alpha value is -3.23. The Labute approximate surface area is 172 Å². The molecule has 0 fully saturated rings. The zero-order valence-corrected chi connectivity index (χ0v) is 16.8. The topological polar surface area (TPSA) is 32.6 Å². The van der Waals surface area contributed by atoms with E-state index in [0.29, 0.717) is 0 Å². The molecule has 0 bridgehead atoms. The van der Waals surface area contributed by atoms with Gasteiger partial charge in [-0.05, 0) is 41.7 Å². The van der Waals surface area contributed by atoms with Gasteiger partial charge in [0.2, 0.25) is 0 Å². The molecule has 0 amide bonds. The molecule has 0 radical (unpaired) electrons. The van der Waals surface area contributed by atoms with Gasteiger partial charge in [-0.1, -0.05) is 97.1 Å². The summed E-state index contributed by atoms with van der Waals surface area (Å²) in [6, 6.07) is 25.9. The number of nitrogens with zero attached hydrogens (tertiary/aromatic N) is 1. The third kappa shape index (κ3) is 3.59. The molecule has 1 aliphatic carbocycles. The normalized spacial score (nSPS) is 16.4. The van der Waals surface area contributed by atoms with Crippen molar-refractivity contribution in [3.05, 3.63) is 125 Å². The van der Waals surface area contributed by atoms with Crippen molar-refractivity contribution in [2.45, 2.75) is 19.4 Å². The standard InChI is InChI=1S/C27H25NO/c1-20-11-9-12-21(2)26(20)28-19-22-13-10-18-25(22)27(29,23-14-5-3-6-15-23)24-16-7-4-8-17-24/h3-19,25,29H,1-2H3. The summed E-state index contributed by atoms with van der Waals surface area (Å²) < 4.78 is 0. The van der Waals surface area contributed by atoms with E-state index in [1.54, 1.807) is 0 Å². The van der Waals surface area contributed by atoms with Gasteiger partial charge in [0.05, 0.1) is 5.69 Å². The number of allylic oxidation sites excluding steroid dienone is 2. The van der Waals surface area contributed by atoms with Crippen LogP contribution < -0.4 is 0 Å². The number of aliphatic hydroxyl groups is 1. The Balaban J connectivity index is 1.77. The molecular formula is C27H25NO. The summed E-state index contributed by atoms with van der Waals surface area (Å²) in [5, 5.41) is 12.1. The summed E-state index contributed by atoms with van der Waals surface area (Å²) >= 11 is 0. The lowest BCUT2D eigenvalue weighted by Gasteiger charge is -2.35. The fourth-order valence-electron chi connectivity index (χ4n) is 4.06. The molecule has 0 heterocycles. The van der Waals surface area contributed by atoms with Crippen LogP contribution in [0.4, 0.5) is 5.69 Å². The molecule has 3 aromatic carbocycles. The first-order valence-electron chi connectivity index (χ1n) is 9.93. The van der Waals surface area contributed by atoms with Gasteiger partial charge in [-0.2, -0.15) is 0 Å². The van der Waals surface area contributed by atoms with Crippen molar-refractivity contribution in [3.63, 3.8) is 0 Å². The predicted octanol–water partition coefficient (Wildman–Crippen LogP) is 6.05.